The van der Waals surface area contributed by atoms with Crippen LogP contribution in [0.4, 0.5) is 5.13 Å². The van der Waals surface area contributed by atoms with Crippen molar-refractivity contribution in [1.82, 2.24) is 14.4 Å². The number of thiazole rings is 1. The molecule has 6 nitrogen and oxygen atoms in total. The van der Waals surface area contributed by atoms with Gasteiger partial charge in [-0.2, -0.15) is 0 Å². The van der Waals surface area contributed by atoms with E-state index in [1.165, 1.54) is 11.3 Å². The van der Waals surface area contributed by atoms with Gasteiger partial charge in [0.1, 0.15) is 11.3 Å². The maximum Gasteiger partial charge on any atom is 0.280 e. The number of aromatic nitrogens is 3. The Balaban J connectivity index is 1.49. The van der Waals surface area contributed by atoms with E-state index in [1.54, 1.807) is 11.1 Å². The Morgan fingerprint density at radius 3 is 2.84 bits per heavy atom. The first-order chi connectivity index (χ1) is 15.1. The lowest BCUT2D eigenvalue weighted by Crippen LogP contribution is -2.37. The molecule has 0 unspecified atom stereocenters. The van der Waals surface area contributed by atoms with Crippen molar-refractivity contribution < 1.29 is 9.53 Å². The standard InChI is InChI=1S/C23H21BrN4O2S/c1-15-4-2-6-21-25-19(13-27(15)21)22(29)28(12-18-5-3-11-30-18)23-26-20(14-31-23)16-7-9-17(24)10-8-16/h2,4,6-10,13-14,18H,3,5,11-12H2,1H3/t18-/m0/s1. The number of fused-ring (bicyclic) bond motifs is 1. The Kier molecular flexibility index (Phi) is 5.60. The molecule has 1 atom stereocenters. The third kappa shape index (κ3) is 4.15. The molecule has 4 aromatic rings. The van der Waals surface area contributed by atoms with E-state index in [-0.39, 0.29) is 12.0 Å². The number of amides is 1. The summed E-state index contributed by atoms with van der Waals surface area (Å²) in [4.78, 5) is 24.6. The van der Waals surface area contributed by atoms with E-state index >= 15 is 0 Å². The molecule has 31 heavy (non-hydrogen) atoms. The number of carbonyl (C=O) groups excluding carboxylic acids is 1. The number of rotatable bonds is 5. The van der Waals surface area contributed by atoms with Gasteiger partial charge >= 0.3 is 0 Å². The van der Waals surface area contributed by atoms with Crippen molar-refractivity contribution in [2.45, 2.75) is 25.9 Å². The lowest BCUT2D eigenvalue weighted by molar-refractivity contribution is 0.0914. The predicted octanol–water partition coefficient (Wildman–Crippen LogP) is 5.35. The van der Waals surface area contributed by atoms with Crippen molar-refractivity contribution in [3.63, 3.8) is 0 Å². The number of aryl methyl sites for hydroxylation is 1. The predicted molar refractivity (Wildman–Crippen MR) is 126 cm³/mol. The van der Waals surface area contributed by atoms with Gasteiger partial charge in [0, 0.05) is 33.9 Å². The largest absolute Gasteiger partial charge is 0.376 e. The number of ether oxygens (including phenoxy) is 1. The molecule has 158 valence electrons. The summed E-state index contributed by atoms with van der Waals surface area (Å²) in [5.74, 6) is -0.157. The second kappa shape index (κ2) is 8.53. The van der Waals surface area contributed by atoms with Crippen LogP contribution in [0.2, 0.25) is 0 Å². The first kappa shape index (κ1) is 20.4. The van der Waals surface area contributed by atoms with Crippen molar-refractivity contribution in [2.24, 2.45) is 0 Å². The Labute approximate surface area is 192 Å². The van der Waals surface area contributed by atoms with E-state index in [9.17, 15) is 4.79 Å². The van der Waals surface area contributed by atoms with Crippen LogP contribution in [-0.2, 0) is 4.74 Å². The van der Waals surface area contributed by atoms with Gasteiger partial charge in [-0.1, -0.05) is 34.1 Å². The number of pyridine rings is 1. The third-order valence-electron chi connectivity index (χ3n) is 5.43. The molecule has 1 amide bonds. The van der Waals surface area contributed by atoms with Crippen LogP contribution in [0.5, 0.6) is 0 Å². The zero-order valence-electron chi connectivity index (χ0n) is 17.0. The summed E-state index contributed by atoms with van der Waals surface area (Å²) < 4.78 is 8.78. The summed E-state index contributed by atoms with van der Waals surface area (Å²) in [6, 6.07) is 13.9. The van der Waals surface area contributed by atoms with Crippen LogP contribution in [-0.4, -0.2) is 39.5 Å². The molecular formula is C23H21BrN4O2S. The van der Waals surface area contributed by atoms with Crippen LogP contribution in [0, 0.1) is 6.92 Å². The molecule has 0 aliphatic carbocycles. The average molecular weight is 497 g/mol. The molecule has 0 saturated carbocycles. The first-order valence-electron chi connectivity index (χ1n) is 10.2. The van der Waals surface area contributed by atoms with Gasteiger partial charge in [0.05, 0.1) is 18.3 Å². The number of benzene rings is 1. The number of hydrogen-bond donors (Lipinski definition) is 0. The van der Waals surface area contributed by atoms with E-state index in [2.05, 4.69) is 20.9 Å². The highest BCUT2D eigenvalue weighted by atomic mass is 79.9. The van der Waals surface area contributed by atoms with Crippen LogP contribution >= 0.6 is 27.3 Å². The Hall–Kier alpha value is -2.55. The Morgan fingerprint density at radius 1 is 1.26 bits per heavy atom. The fourth-order valence-corrected chi connectivity index (χ4v) is 4.88. The number of anilines is 1. The minimum atomic E-state index is -0.157. The lowest BCUT2D eigenvalue weighted by atomic mass is 10.2. The molecule has 5 rings (SSSR count). The van der Waals surface area contributed by atoms with Gasteiger partial charge in [0.2, 0.25) is 0 Å². The summed E-state index contributed by atoms with van der Waals surface area (Å²) >= 11 is 4.93. The fraction of sp³-hybridized carbons (Fsp3) is 0.261. The average Bonchev–Trinajstić information content (AvgIpc) is 3.52. The van der Waals surface area contributed by atoms with Gasteiger partial charge in [0.15, 0.2) is 5.13 Å². The minimum absolute atomic E-state index is 0.0164. The molecule has 3 aromatic heterocycles. The van der Waals surface area contributed by atoms with Gasteiger partial charge in [0.25, 0.3) is 5.91 Å². The van der Waals surface area contributed by atoms with Crippen LogP contribution in [0.3, 0.4) is 0 Å². The molecule has 1 fully saturated rings. The molecular weight excluding hydrogens is 476 g/mol. The SMILES string of the molecule is Cc1cccc2nc(C(=O)N(C[C@@H]3CCCO3)c3nc(-c4ccc(Br)cc4)cs3)cn12. The summed E-state index contributed by atoms with van der Waals surface area (Å²) in [7, 11) is 0. The second-order valence-corrected chi connectivity index (χ2v) is 9.35. The first-order valence-corrected chi connectivity index (χ1v) is 11.9. The van der Waals surface area contributed by atoms with E-state index in [0.717, 1.165) is 46.5 Å². The number of hydrogen-bond acceptors (Lipinski definition) is 5. The molecule has 4 heterocycles. The molecule has 1 aliphatic rings. The highest BCUT2D eigenvalue weighted by molar-refractivity contribution is 9.10. The van der Waals surface area contributed by atoms with E-state index in [4.69, 9.17) is 9.72 Å². The topological polar surface area (TPSA) is 59.7 Å². The molecule has 8 heteroatoms. The second-order valence-electron chi connectivity index (χ2n) is 7.59. The van der Waals surface area contributed by atoms with Crippen molar-refractivity contribution in [3.8, 4) is 11.3 Å². The van der Waals surface area contributed by atoms with E-state index < -0.39 is 0 Å². The molecule has 0 spiro atoms. The minimum Gasteiger partial charge on any atom is -0.376 e. The van der Waals surface area contributed by atoms with Crippen LogP contribution in [0.25, 0.3) is 16.9 Å². The third-order valence-corrected chi connectivity index (χ3v) is 6.83. The van der Waals surface area contributed by atoms with Crippen molar-refractivity contribution in [2.75, 3.05) is 18.1 Å². The van der Waals surface area contributed by atoms with Crippen molar-refractivity contribution in [1.29, 1.82) is 0 Å². The number of imidazole rings is 1. The summed E-state index contributed by atoms with van der Waals surface area (Å²) in [6.07, 6.45) is 3.78. The monoisotopic (exact) mass is 496 g/mol. The van der Waals surface area contributed by atoms with Gasteiger partial charge in [-0.3, -0.25) is 9.69 Å². The quantitative estimate of drug-likeness (QED) is 0.373. The Bertz CT molecular complexity index is 1230. The molecule has 1 aliphatic heterocycles. The molecule has 0 N–H and O–H groups in total. The van der Waals surface area contributed by atoms with Gasteiger partial charge in [-0.05, 0) is 44.0 Å². The van der Waals surface area contributed by atoms with Gasteiger partial charge in [-0.25, -0.2) is 9.97 Å². The highest BCUT2D eigenvalue weighted by Crippen LogP contribution is 2.30. The van der Waals surface area contributed by atoms with E-state index in [0.29, 0.717) is 17.4 Å². The number of nitrogens with zero attached hydrogens (tertiary/aromatic N) is 4. The maximum atomic E-state index is 13.6. The smallest absolute Gasteiger partial charge is 0.280 e. The van der Waals surface area contributed by atoms with Crippen LogP contribution in [0.1, 0.15) is 29.0 Å². The summed E-state index contributed by atoms with van der Waals surface area (Å²) in [5, 5.41) is 2.65. The zero-order valence-corrected chi connectivity index (χ0v) is 19.4. The van der Waals surface area contributed by atoms with Gasteiger partial charge < -0.3 is 9.14 Å². The molecule has 0 radical (unpaired) electrons. The maximum absolute atomic E-state index is 13.6. The normalized spacial score (nSPS) is 16.1. The van der Waals surface area contributed by atoms with Crippen molar-refractivity contribution >= 4 is 44.0 Å². The summed E-state index contributed by atoms with van der Waals surface area (Å²) in [6.45, 7) is 3.21. The molecule has 0 bridgehead atoms. The highest BCUT2D eigenvalue weighted by Gasteiger charge is 2.28. The van der Waals surface area contributed by atoms with Gasteiger partial charge in [-0.15, -0.1) is 11.3 Å². The van der Waals surface area contributed by atoms with Crippen LogP contribution < -0.4 is 4.90 Å². The lowest BCUT2D eigenvalue weighted by Gasteiger charge is -2.22. The fourth-order valence-electron chi connectivity index (χ4n) is 3.77. The Morgan fingerprint density at radius 2 is 2.10 bits per heavy atom. The van der Waals surface area contributed by atoms with Crippen LogP contribution in [0.15, 0.2) is 58.5 Å². The number of carbonyl (C=O) groups is 1. The molecule has 1 aromatic carbocycles. The zero-order chi connectivity index (χ0) is 21.4. The summed E-state index contributed by atoms with van der Waals surface area (Å²) in [5.41, 5.74) is 4.06. The number of halogens is 1. The van der Waals surface area contributed by atoms with E-state index in [1.807, 2.05) is 59.2 Å². The van der Waals surface area contributed by atoms with Crippen molar-refractivity contribution in [3.05, 3.63) is 69.9 Å². The molecule has 1 saturated heterocycles.